The van der Waals surface area contributed by atoms with Crippen molar-refractivity contribution in [1.29, 1.82) is 0 Å². The Balaban J connectivity index is 3.37. The molecule has 1 N–H and O–H groups in total. The molecule has 1 rings (SSSR count). The van der Waals surface area contributed by atoms with Crippen LogP contribution in [0.2, 0.25) is 0 Å². The molecule has 1 unspecified atom stereocenters. The third kappa shape index (κ3) is 2.18. The van der Waals surface area contributed by atoms with Crippen molar-refractivity contribution in [2.75, 3.05) is 0 Å². The predicted octanol–water partition coefficient (Wildman–Crippen LogP) is 3.48. The van der Waals surface area contributed by atoms with Gasteiger partial charge in [0.1, 0.15) is 5.60 Å². The molecule has 0 spiro atoms. The van der Waals surface area contributed by atoms with Gasteiger partial charge in [0.15, 0.2) is 0 Å². The minimum absolute atomic E-state index is 0.232. The average molecular weight is 289 g/mol. The molecule has 0 aliphatic rings. The van der Waals surface area contributed by atoms with E-state index in [0.717, 1.165) is 10.2 Å². The smallest absolute Gasteiger partial charge is 0.109 e. The van der Waals surface area contributed by atoms with Crippen molar-refractivity contribution in [3.05, 3.63) is 16.4 Å². The number of nitrogens with zero attached hydrogens (tertiary/aromatic N) is 2. The standard InChI is InChI=1S/C12H21BrN2O/c1-8(2)15-10(9(13)7-14-15)12(6,16)11(3,4)5/h7-8,16H,1-6H3. The summed E-state index contributed by atoms with van der Waals surface area (Å²) in [6.45, 7) is 12.0. The van der Waals surface area contributed by atoms with E-state index in [4.69, 9.17) is 0 Å². The Kier molecular flexibility index (Phi) is 3.56. The summed E-state index contributed by atoms with van der Waals surface area (Å²) in [6.07, 6.45) is 1.75. The number of rotatable bonds is 2. The van der Waals surface area contributed by atoms with E-state index in [9.17, 15) is 5.11 Å². The first-order valence-corrected chi connectivity index (χ1v) is 6.34. The lowest BCUT2D eigenvalue weighted by Crippen LogP contribution is -2.39. The first kappa shape index (κ1) is 13.7. The Labute approximate surface area is 106 Å². The number of hydrogen-bond donors (Lipinski definition) is 1. The Morgan fingerprint density at radius 3 is 2.19 bits per heavy atom. The summed E-state index contributed by atoms with van der Waals surface area (Å²) in [5, 5.41) is 15.0. The van der Waals surface area contributed by atoms with E-state index < -0.39 is 5.60 Å². The molecule has 92 valence electrons. The molecule has 0 saturated heterocycles. The topological polar surface area (TPSA) is 38.0 Å². The number of hydrogen-bond acceptors (Lipinski definition) is 2. The van der Waals surface area contributed by atoms with E-state index in [1.807, 2.05) is 32.4 Å². The average Bonchev–Trinajstić information content (AvgIpc) is 2.45. The Morgan fingerprint density at radius 2 is 1.81 bits per heavy atom. The summed E-state index contributed by atoms with van der Waals surface area (Å²) in [7, 11) is 0. The quantitative estimate of drug-likeness (QED) is 0.905. The molecule has 0 bridgehead atoms. The van der Waals surface area contributed by atoms with Gasteiger partial charge in [-0.05, 0) is 42.1 Å². The van der Waals surface area contributed by atoms with E-state index in [1.54, 1.807) is 6.20 Å². The third-order valence-corrected chi connectivity index (χ3v) is 3.74. The molecule has 0 fully saturated rings. The van der Waals surface area contributed by atoms with Crippen LogP contribution < -0.4 is 0 Å². The van der Waals surface area contributed by atoms with E-state index in [1.165, 1.54) is 0 Å². The maximum atomic E-state index is 10.7. The zero-order valence-electron chi connectivity index (χ0n) is 10.9. The van der Waals surface area contributed by atoms with Gasteiger partial charge in [-0.25, -0.2) is 0 Å². The maximum absolute atomic E-state index is 10.7. The highest BCUT2D eigenvalue weighted by atomic mass is 79.9. The molecule has 16 heavy (non-hydrogen) atoms. The Bertz CT molecular complexity index is 375. The third-order valence-electron chi connectivity index (χ3n) is 3.16. The lowest BCUT2D eigenvalue weighted by Gasteiger charge is -2.38. The van der Waals surface area contributed by atoms with Crippen molar-refractivity contribution < 1.29 is 5.11 Å². The molecule has 0 aliphatic carbocycles. The monoisotopic (exact) mass is 288 g/mol. The minimum atomic E-state index is -0.924. The summed E-state index contributed by atoms with van der Waals surface area (Å²) < 4.78 is 2.73. The largest absolute Gasteiger partial charge is 0.383 e. The molecule has 4 heteroatoms. The van der Waals surface area contributed by atoms with E-state index in [-0.39, 0.29) is 11.5 Å². The Hall–Kier alpha value is -0.350. The van der Waals surface area contributed by atoms with Crippen LogP contribution in [0.5, 0.6) is 0 Å². The second kappa shape index (κ2) is 4.15. The second-order valence-electron chi connectivity index (χ2n) is 5.70. The number of aromatic nitrogens is 2. The van der Waals surface area contributed by atoms with Crippen LogP contribution in [0.3, 0.4) is 0 Å². The van der Waals surface area contributed by atoms with Crippen molar-refractivity contribution in [3.63, 3.8) is 0 Å². The van der Waals surface area contributed by atoms with Crippen LogP contribution in [0.1, 0.15) is 53.3 Å². The summed E-state index contributed by atoms with van der Waals surface area (Å²) in [4.78, 5) is 0. The first-order chi connectivity index (χ1) is 7.09. The molecule has 3 nitrogen and oxygen atoms in total. The summed E-state index contributed by atoms with van der Waals surface area (Å²) in [5.41, 5.74) is -0.329. The van der Waals surface area contributed by atoms with Gasteiger partial charge in [0.25, 0.3) is 0 Å². The van der Waals surface area contributed by atoms with Crippen molar-refractivity contribution in [2.45, 2.75) is 53.2 Å². The van der Waals surface area contributed by atoms with Crippen LogP contribution in [0.4, 0.5) is 0 Å². The molecular formula is C12H21BrN2O. The second-order valence-corrected chi connectivity index (χ2v) is 6.56. The molecule has 0 radical (unpaired) electrons. The van der Waals surface area contributed by atoms with Crippen LogP contribution >= 0.6 is 15.9 Å². The van der Waals surface area contributed by atoms with Crippen LogP contribution in [0.25, 0.3) is 0 Å². The molecule has 1 heterocycles. The molecule has 1 aromatic rings. The van der Waals surface area contributed by atoms with Gasteiger partial charge in [-0.15, -0.1) is 0 Å². The van der Waals surface area contributed by atoms with Crippen molar-refractivity contribution in [2.24, 2.45) is 5.41 Å². The lowest BCUT2D eigenvalue weighted by molar-refractivity contribution is -0.0554. The van der Waals surface area contributed by atoms with Crippen LogP contribution in [0.15, 0.2) is 10.7 Å². The summed E-state index contributed by atoms with van der Waals surface area (Å²) in [5.74, 6) is 0. The highest BCUT2D eigenvalue weighted by Crippen LogP contribution is 2.42. The predicted molar refractivity (Wildman–Crippen MR) is 69.3 cm³/mol. The minimum Gasteiger partial charge on any atom is -0.383 e. The van der Waals surface area contributed by atoms with Crippen molar-refractivity contribution in [1.82, 2.24) is 9.78 Å². The van der Waals surface area contributed by atoms with Gasteiger partial charge < -0.3 is 5.11 Å². The molecule has 0 aromatic carbocycles. The highest BCUT2D eigenvalue weighted by molar-refractivity contribution is 9.10. The normalized spacial score (nSPS) is 16.6. The van der Waals surface area contributed by atoms with E-state index in [0.29, 0.717) is 0 Å². The van der Waals surface area contributed by atoms with Crippen LogP contribution in [-0.2, 0) is 5.60 Å². The zero-order chi connectivity index (χ0) is 12.7. The maximum Gasteiger partial charge on any atom is 0.109 e. The van der Waals surface area contributed by atoms with E-state index >= 15 is 0 Å². The van der Waals surface area contributed by atoms with Gasteiger partial charge in [0, 0.05) is 6.04 Å². The van der Waals surface area contributed by atoms with Crippen molar-refractivity contribution >= 4 is 15.9 Å². The number of aliphatic hydroxyl groups is 1. The van der Waals surface area contributed by atoms with Gasteiger partial charge in [-0.1, -0.05) is 20.8 Å². The zero-order valence-corrected chi connectivity index (χ0v) is 12.5. The molecular weight excluding hydrogens is 268 g/mol. The fourth-order valence-corrected chi connectivity index (χ4v) is 2.20. The molecule has 0 aliphatic heterocycles. The van der Waals surface area contributed by atoms with Gasteiger partial charge >= 0.3 is 0 Å². The highest BCUT2D eigenvalue weighted by Gasteiger charge is 2.41. The van der Waals surface area contributed by atoms with Gasteiger partial charge in [0.2, 0.25) is 0 Å². The lowest BCUT2D eigenvalue weighted by atomic mass is 9.75. The number of halogens is 1. The first-order valence-electron chi connectivity index (χ1n) is 5.55. The van der Waals surface area contributed by atoms with Gasteiger partial charge in [0.05, 0.1) is 16.4 Å². The Morgan fingerprint density at radius 1 is 1.31 bits per heavy atom. The van der Waals surface area contributed by atoms with Crippen molar-refractivity contribution in [3.8, 4) is 0 Å². The van der Waals surface area contributed by atoms with E-state index in [2.05, 4.69) is 34.9 Å². The SMILES string of the molecule is CC(C)n1ncc(Br)c1C(C)(O)C(C)(C)C. The molecule has 1 atom stereocenters. The molecule has 0 saturated carbocycles. The van der Waals surface area contributed by atoms with Crippen LogP contribution in [0, 0.1) is 5.41 Å². The molecule has 0 amide bonds. The fraction of sp³-hybridized carbons (Fsp3) is 0.750. The summed E-state index contributed by atoms with van der Waals surface area (Å²) in [6, 6.07) is 0.232. The van der Waals surface area contributed by atoms with Gasteiger partial charge in [-0.2, -0.15) is 5.10 Å². The fourth-order valence-electron chi connectivity index (χ4n) is 1.54. The summed E-state index contributed by atoms with van der Waals surface area (Å²) >= 11 is 3.47. The van der Waals surface area contributed by atoms with Gasteiger partial charge in [-0.3, -0.25) is 4.68 Å². The molecule has 1 aromatic heterocycles. The van der Waals surface area contributed by atoms with Crippen LogP contribution in [-0.4, -0.2) is 14.9 Å².